The van der Waals surface area contributed by atoms with Crippen molar-refractivity contribution in [3.05, 3.63) is 42.4 Å². The molecule has 2 aromatic rings. The summed E-state index contributed by atoms with van der Waals surface area (Å²) in [6.07, 6.45) is 3.89. The lowest BCUT2D eigenvalue weighted by molar-refractivity contribution is -0.129. The van der Waals surface area contributed by atoms with Gasteiger partial charge in [-0.05, 0) is 18.4 Å². The first-order chi connectivity index (χ1) is 11.8. The minimum atomic E-state index is 0.120. The fourth-order valence-corrected chi connectivity index (χ4v) is 3.56. The van der Waals surface area contributed by atoms with Gasteiger partial charge < -0.3 is 9.88 Å². The van der Waals surface area contributed by atoms with Crippen LogP contribution in [0, 0.1) is 11.3 Å². The minimum Gasteiger partial charge on any atom is -0.342 e. The summed E-state index contributed by atoms with van der Waals surface area (Å²) in [7, 11) is 0. The Bertz CT molecular complexity index is 722. The van der Waals surface area contributed by atoms with Crippen LogP contribution in [0.1, 0.15) is 24.6 Å². The van der Waals surface area contributed by atoms with Gasteiger partial charge in [0.15, 0.2) is 0 Å². The SMILES string of the molecule is N#CCSCC(=O)N1CCC[C@H](c2ncc(-c3ccccc3)[nH]2)C1. The van der Waals surface area contributed by atoms with Crippen LogP contribution < -0.4 is 0 Å². The summed E-state index contributed by atoms with van der Waals surface area (Å²) in [6.45, 7) is 1.50. The number of thioether (sulfide) groups is 1. The Morgan fingerprint density at radius 1 is 1.42 bits per heavy atom. The molecule has 1 saturated heterocycles. The van der Waals surface area contributed by atoms with Crippen molar-refractivity contribution in [1.29, 1.82) is 5.26 Å². The number of nitrogens with zero attached hydrogens (tertiary/aromatic N) is 3. The van der Waals surface area contributed by atoms with Crippen LogP contribution in [-0.2, 0) is 4.79 Å². The number of rotatable bonds is 5. The van der Waals surface area contributed by atoms with E-state index >= 15 is 0 Å². The molecule has 1 amide bonds. The first-order valence-corrected chi connectivity index (χ1v) is 9.26. The van der Waals surface area contributed by atoms with Gasteiger partial charge in [0.1, 0.15) is 5.82 Å². The van der Waals surface area contributed by atoms with Crippen LogP contribution in [0.15, 0.2) is 36.5 Å². The van der Waals surface area contributed by atoms with E-state index in [1.165, 1.54) is 11.8 Å². The fraction of sp³-hybridized carbons (Fsp3) is 0.389. The highest BCUT2D eigenvalue weighted by Crippen LogP contribution is 2.27. The Kier molecular flexibility index (Phi) is 5.55. The summed E-state index contributed by atoms with van der Waals surface area (Å²) >= 11 is 1.38. The molecule has 5 nitrogen and oxygen atoms in total. The number of hydrogen-bond acceptors (Lipinski definition) is 4. The maximum absolute atomic E-state index is 12.2. The molecule has 0 bridgehead atoms. The van der Waals surface area contributed by atoms with Gasteiger partial charge in [-0.2, -0.15) is 5.26 Å². The topological polar surface area (TPSA) is 72.8 Å². The van der Waals surface area contributed by atoms with E-state index in [4.69, 9.17) is 5.26 Å². The number of imidazole rings is 1. The quantitative estimate of drug-likeness (QED) is 0.849. The number of amides is 1. The number of aromatic nitrogens is 2. The normalized spacial score (nSPS) is 17.5. The molecule has 0 radical (unpaired) electrons. The average Bonchev–Trinajstić information content (AvgIpc) is 3.13. The Hall–Kier alpha value is -2.26. The Labute approximate surface area is 146 Å². The number of hydrogen-bond donors (Lipinski definition) is 1. The molecule has 1 aromatic heterocycles. The van der Waals surface area contributed by atoms with E-state index in [0.717, 1.165) is 36.5 Å². The summed E-state index contributed by atoms with van der Waals surface area (Å²) < 4.78 is 0. The minimum absolute atomic E-state index is 0.120. The largest absolute Gasteiger partial charge is 0.342 e. The van der Waals surface area contributed by atoms with Gasteiger partial charge in [0, 0.05) is 19.0 Å². The number of nitriles is 1. The molecule has 3 rings (SSSR count). The zero-order valence-corrected chi connectivity index (χ0v) is 14.3. The van der Waals surface area contributed by atoms with Crippen LogP contribution in [0.3, 0.4) is 0 Å². The molecule has 24 heavy (non-hydrogen) atoms. The number of piperidine rings is 1. The Balaban J connectivity index is 1.64. The molecule has 1 atom stereocenters. The number of aromatic amines is 1. The van der Waals surface area contributed by atoms with E-state index in [1.54, 1.807) is 0 Å². The lowest BCUT2D eigenvalue weighted by atomic mass is 9.97. The van der Waals surface area contributed by atoms with Crippen molar-refractivity contribution in [3.63, 3.8) is 0 Å². The van der Waals surface area contributed by atoms with Crippen molar-refractivity contribution in [3.8, 4) is 17.3 Å². The number of carbonyl (C=O) groups is 1. The summed E-state index contributed by atoms with van der Waals surface area (Å²) in [4.78, 5) is 22.1. The maximum atomic E-state index is 12.2. The third-order valence-electron chi connectivity index (χ3n) is 4.23. The van der Waals surface area contributed by atoms with Crippen LogP contribution in [0.4, 0.5) is 0 Å². The van der Waals surface area contributed by atoms with E-state index in [0.29, 0.717) is 18.1 Å². The van der Waals surface area contributed by atoms with Crippen LogP contribution >= 0.6 is 11.8 Å². The molecule has 1 aliphatic heterocycles. The second-order valence-electron chi connectivity index (χ2n) is 5.88. The second kappa shape index (κ2) is 8.02. The van der Waals surface area contributed by atoms with Crippen molar-refractivity contribution in [2.45, 2.75) is 18.8 Å². The standard InChI is InChI=1S/C18H20N4OS/c19-8-10-24-13-17(23)22-9-4-7-15(12-22)18-20-11-16(21-18)14-5-2-1-3-6-14/h1-3,5-6,11,15H,4,7,9-10,12-13H2,(H,20,21)/t15-/m0/s1. The molecule has 2 heterocycles. The van der Waals surface area contributed by atoms with E-state index in [2.05, 4.69) is 28.2 Å². The highest BCUT2D eigenvalue weighted by Gasteiger charge is 2.26. The van der Waals surface area contributed by atoms with Gasteiger partial charge in [-0.25, -0.2) is 4.98 Å². The molecule has 1 aliphatic rings. The molecular formula is C18H20N4OS. The van der Waals surface area contributed by atoms with Crippen molar-refractivity contribution < 1.29 is 4.79 Å². The van der Waals surface area contributed by atoms with Crippen molar-refractivity contribution >= 4 is 17.7 Å². The summed E-state index contributed by atoms with van der Waals surface area (Å²) in [6, 6.07) is 12.2. The summed E-state index contributed by atoms with van der Waals surface area (Å²) in [5.74, 6) is 2.07. The van der Waals surface area contributed by atoms with Crippen LogP contribution in [0.2, 0.25) is 0 Å². The maximum Gasteiger partial charge on any atom is 0.232 e. The Morgan fingerprint density at radius 2 is 2.25 bits per heavy atom. The third-order valence-corrected chi connectivity index (χ3v) is 5.02. The molecule has 1 aromatic carbocycles. The number of H-pyrrole nitrogens is 1. The van der Waals surface area contributed by atoms with Crippen LogP contribution in [-0.4, -0.2) is 45.4 Å². The van der Waals surface area contributed by atoms with E-state index in [-0.39, 0.29) is 11.8 Å². The van der Waals surface area contributed by atoms with E-state index < -0.39 is 0 Å². The first kappa shape index (κ1) is 16.6. The van der Waals surface area contributed by atoms with Gasteiger partial charge in [0.2, 0.25) is 5.91 Å². The van der Waals surface area contributed by atoms with Gasteiger partial charge in [0.25, 0.3) is 0 Å². The predicted molar refractivity (Wildman–Crippen MR) is 95.5 cm³/mol. The smallest absolute Gasteiger partial charge is 0.232 e. The van der Waals surface area contributed by atoms with Gasteiger partial charge in [-0.1, -0.05) is 30.3 Å². The van der Waals surface area contributed by atoms with Gasteiger partial charge >= 0.3 is 0 Å². The Morgan fingerprint density at radius 3 is 3.04 bits per heavy atom. The molecule has 0 unspecified atom stereocenters. The molecule has 6 heteroatoms. The zero-order chi connectivity index (χ0) is 16.8. The zero-order valence-electron chi connectivity index (χ0n) is 13.4. The molecule has 0 spiro atoms. The van der Waals surface area contributed by atoms with Crippen molar-refractivity contribution in [2.75, 3.05) is 24.6 Å². The average molecular weight is 340 g/mol. The number of nitrogens with one attached hydrogen (secondary N) is 1. The highest BCUT2D eigenvalue weighted by atomic mass is 32.2. The second-order valence-corrected chi connectivity index (χ2v) is 6.86. The molecular weight excluding hydrogens is 320 g/mol. The van der Waals surface area contributed by atoms with Gasteiger partial charge in [0.05, 0.1) is 29.5 Å². The lowest BCUT2D eigenvalue weighted by Crippen LogP contribution is -2.40. The van der Waals surface area contributed by atoms with E-state index in [9.17, 15) is 4.79 Å². The predicted octanol–water partition coefficient (Wildman–Crippen LogP) is 3.04. The van der Waals surface area contributed by atoms with Gasteiger partial charge in [-0.15, -0.1) is 11.8 Å². The molecule has 1 N–H and O–H groups in total. The molecule has 0 saturated carbocycles. The number of carbonyl (C=O) groups excluding carboxylic acids is 1. The number of benzene rings is 1. The molecule has 1 fully saturated rings. The fourth-order valence-electron chi connectivity index (χ4n) is 3.01. The van der Waals surface area contributed by atoms with Crippen LogP contribution in [0.5, 0.6) is 0 Å². The van der Waals surface area contributed by atoms with Crippen molar-refractivity contribution in [1.82, 2.24) is 14.9 Å². The lowest BCUT2D eigenvalue weighted by Gasteiger charge is -2.31. The third kappa shape index (κ3) is 3.98. The molecule has 0 aliphatic carbocycles. The van der Waals surface area contributed by atoms with Gasteiger partial charge in [-0.3, -0.25) is 4.79 Å². The highest BCUT2D eigenvalue weighted by molar-refractivity contribution is 8.00. The summed E-state index contributed by atoms with van der Waals surface area (Å²) in [5, 5.41) is 8.57. The number of likely N-dealkylation sites (tertiary alicyclic amines) is 1. The monoisotopic (exact) mass is 340 g/mol. The van der Waals surface area contributed by atoms with Crippen LogP contribution in [0.25, 0.3) is 11.3 Å². The first-order valence-electron chi connectivity index (χ1n) is 8.10. The van der Waals surface area contributed by atoms with E-state index in [1.807, 2.05) is 29.3 Å². The molecule has 124 valence electrons. The summed E-state index contributed by atoms with van der Waals surface area (Å²) in [5.41, 5.74) is 2.13. The van der Waals surface area contributed by atoms with Crippen molar-refractivity contribution in [2.24, 2.45) is 0 Å².